The molecule has 0 fully saturated rings. The lowest BCUT2D eigenvalue weighted by molar-refractivity contribution is -0.134. The second kappa shape index (κ2) is 11.0. The minimum Gasteiger partial charge on any atom is -0.497 e. The molecule has 1 N–H and O–H groups in total. The van der Waals surface area contributed by atoms with Crippen molar-refractivity contribution >= 4 is 45.2 Å². The summed E-state index contributed by atoms with van der Waals surface area (Å²) >= 11 is 5.12. The third-order valence-electron chi connectivity index (χ3n) is 3.83. The zero-order valence-corrected chi connectivity index (χ0v) is 17.8. The fourth-order valence-corrected chi connectivity index (χ4v) is 3.92. The van der Waals surface area contributed by atoms with Gasteiger partial charge in [0, 0.05) is 39.8 Å². The molecule has 0 saturated carbocycles. The molecule has 0 saturated heterocycles. The van der Waals surface area contributed by atoms with Crippen molar-refractivity contribution in [3.05, 3.63) is 53.0 Å². The summed E-state index contributed by atoms with van der Waals surface area (Å²) in [4.78, 5) is 27.4. The Morgan fingerprint density at radius 1 is 1.19 bits per heavy atom. The van der Waals surface area contributed by atoms with E-state index < -0.39 is 0 Å². The van der Waals surface area contributed by atoms with E-state index in [2.05, 4.69) is 21.2 Å². The maximum atomic E-state index is 12.4. The van der Waals surface area contributed by atoms with Gasteiger partial charge in [-0.3, -0.25) is 9.59 Å². The summed E-state index contributed by atoms with van der Waals surface area (Å²) in [6, 6.07) is 15.0. The van der Waals surface area contributed by atoms with Crippen molar-refractivity contribution in [3.63, 3.8) is 0 Å². The minimum absolute atomic E-state index is 0.0298. The summed E-state index contributed by atoms with van der Waals surface area (Å²) in [7, 11) is 1.57. The first-order valence-electron chi connectivity index (χ1n) is 8.62. The quantitative estimate of drug-likeness (QED) is 0.574. The van der Waals surface area contributed by atoms with E-state index in [1.807, 2.05) is 31.2 Å². The number of rotatable bonds is 9. The van der Waals surface area contributed by atoms with Gasteiger partial charge < -0.3 is 15.0 Å². The molecule has 144 valence electrons. The lowest BCUT2D eigenvalue weighted by Gasteiger charge is -2.20. The van der Waals surface area contributed by atoms with E-state index in [0.717, 1.165) is 9.37 Å². The second-order valence-corrected chi connectivity index (χ2v) is 7.71. The number of anilines is 1. The smallest absolute Gasteiger partial charge is 0.243 e. The molecule has 0 spiro atoms. The highest BCUT2D eigenvalue weighted by molar-refractivity contribution is 9.10. The molecule has 0 aromatic heterocycles. The number of halogens is 1. The predicted molar refractivity (Wildman–Crippen MR) is 113 cm³/mol. The number of hydrogen-bond acceptors (Lipinski definition) is 4. The largest absolute Gasteiger partial charge is 0.497 e. The Hall–Kier alpha value is -1.99. The Labute approximate surface area is 172 Å². The normalized spacial score (nSPS) is 10.3. The number of ether oxygens (including phenoxy) is 1. The van der Waals surface area contributed by atoms with Gasteiger partial charge in [-0.2, -0.15) is 0 Å². The summed E-state index contributed by atoms with van der Waals surface area (Å²) < 4.78 is 6.17. The molecular weight excluding hydrogens is 428 g/mol. The van der Waals surface area contributed by atoms with Crippen LogP contribution in [0.5, 0.6) is 5.75 Å². The first kappa shape index (κ1) is 21.3. The number of nitrogens with zero attached hydrogens (tertiary/aromatic N) is 1. The Bertz CT molecular complexity index is 785. The van der Waals surface area contributed by atoms with E-state index in [1.165, 1.54) is 0 Å². The molecule has 2 amide bonds. The number of nitrogens with one attached hydrogen (secondary N) is 1. The van der Waals surface area contributed by atoms with Crippen LogP contribution in [0.2, 0.25) is 0 Å². The van der Waals surface area contributed by atoms with E-state index in [-0.39, 0.29) is 18.4 Å². The van der Waals surface area contributed by atoms with E-state index in [9.17, 15) is 9.59 Å². The lowest BCUT2D eigenvalue weighted by atomic mass is 10.3. The van der Waals surface area contributed by atoms with Crippen LogP contribution >= 0.6 is 27.7 Å². The van der Waals surface area contributed by atoms with Crippen molar-refractivity contribution in [2.24, 2.45) is 0 Å². The summed E-state index contributed by atoms with van der Waals surface area (Å²) in [5.74, 6) is 1.07. The van der Waals surface area contributed by atoms with Crippen molar-refractivity contribution < 1.29 is 14.3 Å². The third kappa shape index (κ3) is 6.92. The van der Waals surface area contributed by atoms with Crippen LogP contribution in [-0.4, -0.2) is 42.7 Å². The maximum absolute atomic E-state index is 12.4. The lowest BCUT2D eigenvalue weighted by Crippen LogP contribution is -2.38. The van der Waals surface area contributed by atoms with Crippen molar-refractivity contribution in [2.45, 2.75) is 18.2 Å². The van der Waals surface area contributed by atoms with Crippen LogP contribution in [0, 0.1) is 0 Å². The average Bonchev–Trinajstić information content (AvgIpc) is 2.67. The number of carbonyl (C=O) groups is 2. The molecule has 0 aliphatic heterocycles. The number of methoxy groups -OCH3 is 1. The van der Waals surface area contributed by atoms with Crippen LogP contribution in [0.4, 0.5) is 5.69 Å². The van der Waals surface area contributed by atoms with Gasteiger partial charge in [-0.05, 0) is 47.1 Å². The van der Waals surface area contributed by atoms with Gasteiger partial charge in [-0.25, -0.2) is 0 Å². The van der Waals surface area contributed by atoms with E-state index in [0.29, 0.717) is 30.2 Å². The number of carbonyl (C=O) groups excluding carboxylic acids is 2. The SMILES string of the molecule is CCN(CC(=O)Nc1cccc(OC)c1)C(=O)CCSc1ccccc1Br. The predicted octanol–water partition coefficient (Wildman–Crippen LogP) is 4.43. The zero-order valence-electron chi connectivity index (χ0n) is 15.4. The van der Waals surface area contributed by atoms with Crippen molar-refractivity contribution in [1.82, 2.24) is 4.90 Å². The molecular formula is C20H23BrN2O3S. The molecule has 0 radical (unpaired) electrons. The topological polar surface area (TPSA) is 58.6 Å². The molecule has 5 nitrogen and oxygen atoms in total. The molecule has 2 rings (SSSR count). The first-order chi connectivity index (χ1) is 13.0. The van der Waals surface area contributed by atoms with Gasteiger partial charge in [0.2, 0.25) is 11.8 Å². The summed E-state index contributed by atoms with van der Waals surface area (Å²) in [5.41, 5.74) is 0.646. The Morgan fingerprint density at radius 3 is 2.67 bits per heavy atom. The minimum atomic E-state index is -0.225. The van der Waals surface area contributed by atoms with Gasteiger partial charge in [0.15, 0.2) is 0 Å². The summed E-state index contributed by atoms with van der Waals surface area (Å²) in [6.45, 7) is 2.40. The van der Waals surface area contributed by atoms with Gasteiger partial charge in [0.25, 0.3) is 0 Å². The second-order valence-electron chi connectivity index (χ2n) is 5.72. The van der Waals surface area contributed by atoms with Crippen LogP contribution in [0.1, 0.15) is 13.3 Å². The summed E-state index contributed by atoms with van der Waals surface area (Å²) in [6.07, 6.45) is 0.381. The maximum Gasteiger partial charge on any atom is 0.243 e. The standard InChI is InChI=1S/C20H23BrN2O3S/c1-3-23(14-19(24)22-15-7-6-8-16(13-15)26-2)20(25)11-12-27-18-10-5-4-9-17(18)21/h4-10,13H,3,11-12,14H2,1-2H3,(H,22,24). The van der Waals surface area contributed by atoms with E-state index in [1.54, 1.807) is 48.0 Å². The number of likely N-dealkylation sites (N-methyl/N-ethyl adjacent to an activating group) is 1. The van der Waals surface area contributed by atoms with E-state index >= 15 is 0 Å². The molecule has 0 heterocycles. The molecule has 0 unspecified atom stereocenters. The van der Waals surface area contributed by atoms with Crippen LogP contribution in [0.15, 0.2) is 57.9 Å². The molecule has 2 aromatic rings. The van der Waals surface area contributed by atoms with Crippen LogP contribution < -0.4 is 10.1 Å². The average molecular weight is 451 g/mol. The fourth-order valence-electron chi connectivity index (χ4n) is 2.42. The molecule has 27 heavy (non-hydrogen) atoms. The highest BCUT2D eigenvalue weighted by Crippen LogP contribution is 2.27. The highest BCUT2D eigenvalue weighted by Gasteiger charge is 2.16. The zero-order chi connectivity index (χ0) is 19.6. The van der Waals surface area contributed by atoms with Crippen LogP contribution in [0.25, 0.3) is 0 Å². The fraction of sp³-hybridized carbons (Fsp3) is 0.300. The number of thioether (sulfide) groups is 1. The van der Waals surface area contributed by atoms with Crippen LogP contribution in [-0.2, 0) is 9.59 Å². The van der Waals surface area contributed by atoms with Gasteiger partial charge in [-0.15, -0.1) is 11.8 Å². The van der Waals surface area contributed by atoms with Gasteiger partial charge in [0.05, 0.1) is 13.7 Å². The van der Waals surface area contributed by atoms with Crippen molar-refractivity contribution in [3.8, 4) is 5.75 Å². The first-order valence-corrected chi connectivity index (χ1v) is 10.4. The number of benzene rings is 2. The molecule has 0 aliphatic carbocycles. The van der Waals surface area contributed by atoms with Crippen molar-refractivity contribution in [2.75, 3.05) is 31.3 Å². The third-order valence-corrected chi connectivity index (χ3v) is 5.86. The molecule has 7 heteroatoms. The number of hydrogen-bond donors (Lipinski definition) is 1. The van der Waals surface area contributed by atoms with E-state index in [4.69, 9.17) is 4.74 Å². The Kier molecular flexibility index (Phi) is 8.67. The molecule has 0 bridgehead atoms. The Morgan fingerprint density at radius 2 is 1.96 bits per heavy atom. The van der Waals surface area contributed by atoms with Gasteiger partial charge in [-0.1, -0.05) is 18.2 Å². The molecule has 0 aliphatic rings. The van der Waals surface area contributed by atoms with Crippen molar-refractivity contribution in [1.29, 1.82) is 0 Å². The molecule has 0 atom stereocenters. The van der Waals surface area contributed by atoms with Crippen LogP contribution in [0.3, 0.4) is 0 Å². The summed E-state index contributed by atoms with van der Waals surface area (Å²) in [5, 5.41) is 2.80. The number of amides is 2. The Balaban J connectivity index is 1.83. The molecule has 2 aromatic carbocycles. The highest BCUT2D eigenvalue weighted by atomic mass is 79.9. The van der Waals surface area contributed by atoms with Gasteiger partial charge in [0.1, 0.15) is 5.75 Å². The monoisotopic (exact) mass is 450 g/mol. The van der Waals surface area contributed by atoms with Gasteiger partial charge >= 0.3 is 0 Å².